The second-order valence-corrected chi connectivity index (χ2v) is 3.51. The van der Waals surface area contributed by atoms with Crippen molar-refractivity contribution >= 4 is 5.97 Å². The van der Waals surface area contributed by atoms with Crippen LogP contribution in [0.1, 0.15) is 17.3 Å². The molecule has 0 spiro atoms. The topological polar surface area (TPSA) is 66.2 Å². The van der Waals surface area contributed by atoms with Crippen LogP contribution in [0.2, 0.25) is 0 Å². The monoisotopic (exact) mass is 247 g/mol. The van der Waals surface area contributed by atoms with E-state index in [-0.39, 0.29) is 0 Å². The lowest BCUT2D eigenvalue weighted by Crippen LogP contribution is -2.01. The largest absolute Gasteiger partial charge is 0.465 e. The number of methoxy groups -OCH3 is 1. The number of aryl methyl sites for hydroxylation is 1. The van der Waals surface area contributed by atoms with E-state index in [1.165, 1.54) is 19.4 Å². The molecular formula is C12H13N3O3. The van der Waals surface area contributed by atoms with Crippen molar-refractivity contribution in [3.63, 3.8) is 0 Å². The summed E-state index contributed by atoms with van der Waals surface area (Å²) in [5.41, 5.74) is 0.394. The number of aromatic nitrogens is 3. The van der Waals surface area contributed by atoms with E-state index in [0.29, 0.717) is 17.2 Å². The number of hydrogen-bond acceptors (Lipinski definition) is 5. The number of hydrogen-bond donors (Lipinski definition) is 0. The Morgan fingerprint density at radius 3 is 3.00 bits per heavy atom. The molecule has 0 saturated heterocycles. The normalized spacial score (nSPS) is 10.1. The highest BCUT2D eigenvalue weighted by molar-refractivity contribution is 5.89. The Bertz CT molecular complexity index is 551. The van der Waals surface area contributed by atoms with Gasteiger partial charge < -0.3 is 9.47 Å². The van der Waals surface area contributed by atoms with Crippen molar-refractivity contribution in [3.05, 3.63) is 36.3 Å². The lowest BCUT2D eigenvalue weighted by molar-refractivity contribution is 0.0600. The average Bonchev–Trinajstić information content (AvgIpc) is 2.86. The van der Waals surface area contributed by atoms with Gasteiger partial charge in [0.2, 0.25) is 5.88 Å². The summed E-state index contributed by atoms with van der Waals surface area (Å²) in [4.78, 5) is 15.4. The van der Waals surface area contributed by atoms with Crippen LogP contribution in [0.15, 0.2) is 30.7 Å². The number of rotatable bonds is 4. The van der Waals surface area contributed by atoms with E-state index in [9.17, 15) is 4.79 Å². The number of esters is 1. The Morgan fingerprint density at radius 1 is 1.50 bits per heavy atom. The molecule has 0 N–H and O–H groups in total. The molecule has 2 heterocycles. The standard InChI is InChI=1S/C12H13N3O3/c1-3-15-8-10(7-14-15)18-11-6-9(4-5-13-11)12(16)17-2/h4-8H,3H2,1-2H3. The number of carbonyl (C=O) groups is 1. The molecule has 6 heteroatoms. The van der Waals surface area contributed by atoms with E-state index in [0.717, 1.165) is 6.54 Å². The van der Waals surface area contributed by atoms with E-state index in [2.05, 4.69) is 14.8 Å². The summed E-state index contributed by atoms with van der Waals surface area (Å²) in [6, 6.07) is 3.09. The van der Waals surface area contributed by atoms with Gasteiger partial charge in [-0.2, -0.15) is 5.10 Å². The predicted molar refractivity (Wildman–Crippen MR) is 63.6 cm³/mol. The lowest BCUT2D eigenvalue weighted by atomic mass is 10.3. The summed E-state index contributed by atoms with van der Waals surface area (Å²) in [6.07, 6.45) is 4.84. The van der Waals surface area contributed by atoms with Crippen LogP contribution in [0, 0.1) is 0 Å². The Balaban J connectivity index is 2.16. The van der Waals surface area contributed by atoms with Gasteiger partial charge in [0.05, 0.1) is 25.1 Å². The molecule has 0 atom stereocenters. The lowest BCUT2D eigenvalue weighted by Gasteiger charge is -2.03. The fraction of sp³-hybridized carbons (Fsp3) is 0.250. The van der Waals surface area contributed by atoms with Crippen LogP contribution >= 0.6 is 0 Å². The third-order valence-electron chi connectivity index (χ3n) is 2.31. The summed E-state index contributed by atoms with van der Waals surface area (Å²) in [5, 5.41) is 4.08. The van der Waals surface area contributed by atoms with Crippen molar-refractivity contribution in [2.24, 2.45) is 0 Å². The Kier molecular flexibility index (Phi) is 3.57. The summed E-state index contributed by atoms with van der Waals surface area (Å²) in [5.74, 6) is 0.478. The first-order valence-corrected chi connectivity index (χ1v) is 5.47. The molecule has 0 fully saturated rings. The molecule has 0 aromatic carbocycles. The van der Waals surface area contributed by atoms with E-state index in [1.54, 1.807) is 23.1 Å². The number of carbonyl (C=O) groups excluding carboxylic acids is 1. The van der Waals surface area contributed by atoms with Gasteiger partial charge in [0.15, 0.2) is 5.75 Å². The van der Waals surface area contributed by atoms with Crippen LogP contribution in [-0.4, -0.2) is 27.8 Å². The van der Waals surface area contributed by atoms with Crippen LogP contribution in [0.4, 0.5) is 0 Å². The molecule has 0 aliphatic heterocycles. The molecule has 2 aromatic heterocycles. The second kappa shape index (κ2) is 5.31. The van der Waals surface area contributed by atoms with E-state index in [4.69, 9.17) is 4.74 Å². The molecule has 2 aromatic rings. The molecule has 0 aliphatic carbocycles. The maximum absolute atomic E-state index is 11.3. The van der Waals surface area contributed by atoms with Crippen LogP contribution in [0.25, 0.3) is 0 Å². The Hall–Kier alpha value is -2.37. The smallest absolute Gasteiger partial charge is 0.338 e. The molecule has 0 bridgehead atoms. The third kappa shape index (κ3) is 2.65. The van der Waals surface area contributed by atoms with E-state index >= 15 is 0 Å². The molecular weight excluding hydrogens is 234 g/mol. The maximum Gasteiger partial charge on any atom is 0.338 e. The van der Waals surface area contributed by atoms with Gasteiger partial charge in [-0.25, -0.2) is 9.78 Å². The minimum atomic E-state index is -0.425. The quantitative estimate of drug-likeness (QED) is 0.772. The first-order valence-electron chi connectivity index (χ1n) is 5.47. The Labute approximate surface area is 104 Å². The fourth-order valence-corrected chi connectivity index (χ4v) is 1.40. The van der Waals surface area contributed by atoms with Crippen LogP contribution < -0.4 is 4.74 Å². The van der Waals surface area contributed by atoms with E-state index < -0.39 is 5.97 Å². The SMILES string of the molecule is CCn1cc(Oc2cc(C(=O)OC)ccn2)cn1. The highest BCUT2D eigenvalue weighted by Crippen LogP contribution is 2.19. The summed E-state index contributed by atoms with van der Waals surface area (Å²) in [7, 11) is 1.33. The summed E-state index contributed by atoms with van der Waals surface area (Å²) in [6.45, 7) is 2.74. The van der Waals surface area contributed by atoms with Crippen LogP contribution in [0.5, 0.6) is 11.6 Å². The zero-order valence-electron chi connectivity index (χ0n) is 10.2. The highest BCUT2D eigenvalue weighted by Gasteiger charge is 2.08. The van der Waals surface area contributed by atoms with Crippen molar-refractivity contribution in [1.29, 1.82) is 0 Å². The van der Waals surface area contributed by atoms with Gasteiger partial charge in [-0.15, -0.1) is 0 Å². The molecule has 0 amide bonds. The molecule has 0 aliphatic rings. The third-order valence-corrected chi connectivity index (χ3v) is 2.31. The van der Waals surface area contributed by atoms with Gasteiger partial charge in [-0.3, -0.25) is 4.68 Å². The first kappa shape index (κ1) is 12.1. The zero-order valence-corrected chi connectivity index (χ0v) is 10.2. The van der Waals surface area contributed by atoms with Gasteiger partial charge in [-0.05, 0) is 13.0 Å². The molecule has 18 heavy (non-hydrogen) atoms. The molecule has 2 rings (SSSR count). The van der Waals surface area contributed by atoms with Gasteiger partial charge in [0.25, 0.3) is 0 Å². The zero-order chi connectivity index (χ0) is 13.0. The molecule has 94 valence electrons. The molecule has 6 nitrogen and oxygen atoms in total. The fourth-order valence-electron chi connectivity index (χ4n) is 1.40. The van der Waals surface area contributed by atoms with Gasteiger partial charge in [0, 0.05) is 18.8 Å². The number of ether oxygens (including phenoxy) is 2. The van der Waals surface area contributed by atoms with Crippen molar-refractivity contribution in [3.8, 4) is 11.6 Å². The van der Waals surface area contributed by atoms with Crippen molar-refractivity contribution < 1.29 is 14.3 Å². The summed E-state index contributed by atoms with van der Waals surface area (Å²) >= 11 is 0. The van der Waals surface area contributed by atoms with E-state index in [1.807, 2.05) is 6.92 Å². The minimum absolute atomic E-state index is 0.327. The van der Waals surface area contributed by atoms with Crippen molar-refractivity contribution in [2.45, 2.75) is 13.5 Å². The summed E-state index contributed by atoms with van der Waals surface area (Å²) < 4.78 is 11.9. The van der Waals surface area contributed by atoms with Crippen molar-refractivity contribution in [2.75, 3.05) is 7.11 Å². The van der Waals surface area contributed by atoms with Gasteiger partial charge in [-0.1, -0.05) is 0 Å². The van der Waals surface area contributed by atoms with Gasteiger partial charge in [0.1, 0.15) is 0 Å². The Morgan fingerprint density at radius 2 is 2.33 bits per heavy atom. The second-order valence-electron chi connectivity index (χ2n) is 3.51. The predicted octanol–water partition coefficient (Wildman–Crippen LogP) is 1.88. The van der Waals surface area contributed by atoms with Gasteiger partial charge >= 0.3 is 5.97 Å². The van der Waals surface area contributed by atoms with Crippen molar-refractivity contribution in [1.82, 2.24) is 14.8 Å². The number of nitrogens with zero attached hydrogens (tertiary/aromatic N) is 3. The minimum Gasteiger partial charge on any atom is -0.465 e. The molecule has 0 unspecified atom stereocenters. The highest BCUT2D eigenvalue weighted by atomic mass is 16.5. The first-order chi connectivity index (χ1) is 8.72. The average molecular weight is 247 g/mol. The molecule has 0 saturated carbocycles. The molecule has 0 radical (unpaired) electrons. The van der Waals surface area contributed by atoms with Crippen LogP contribution in [0.3, 0.4) is 0 Å². The van der Waals surface area contributed by atoms with Crippen LogP contribution in [-0.2, 0) is 11.3 Å². The number of pyridine rings is 1. The maximum atomic E-state index is 11.3.